The molecule has 3 N–H and O–H groups in total. The van der Waals surface area contributed by atoms with Crippen LogP contribution in [0.2, 0.25) is 0 Å². The summed E-state index contributed by atoms with van der Waals surface area (Å²) in [6, 6.07) is 7.37. The van der Waals surface area contributed by atoms with Gasteiger partial charge < -0.3 is 30.1 Å². The number of hydrogen-bond donors (Lipinski definition) is 3. The summed E-state index contributed by atoms with van der Waals surface area (Å²) in [5, 5.41) is 16.8. The van der Waals surface area contributed by atoms with Crippen LogP contribution in [0, 0.1) is 0 Å². The van der Waals surface area contributed by atoms with Crippen molar-refractivity contribution < 1.29 is 19.4 Å². The van der Waals surface area contributed by atoms with Crippen molar-refractivity contribution in [3.05, 3.63) is 29.8 Å². The van der Waals surface area contributed by atoms with Crippen molar-refractivity contribution >= 4 is 36.0 Å². The molecule has 1 amide bonds. The number of aliphatic imine (C=N–C) groups is 1. The van der Waals surface area contributed by atoms with Gasteiger partial charge >= 0.3 is 6.09 Å². The van der Waals surface area contributed by atoms with E-state index in [-0.39, 0.29) is 42.7 Å². The Morgan fingerprint density at radius 3 is 2.45 bits per heavy atom. The minimum absolute atomic E-state index is 0. The van der Waals surface area contributed by atoms with Crippen LogP contribution >= 0.6 is 24.0 Å². The highest BCUT2D eigenvalue weighted by molar-refractivity contribution is 14.0. The number of carbonyl (C=O) groups excluding carboxylic acids is 1. The summed E-state index contributed by atoms with van der Waals surface area (Å²) in [5.74, 6) is 1.36. The predicted molar refractivity (Wildman–Crippen MR) is 124 cm³/mol. The third kappa shape index (κ3) is 8.25. The Bertz CT molecular complexity index is 670. The number of hydrogen-bond acceptors (Lipinski definition) is 5. The van der Waals surface area contributed by atoms with Gasteiger partial charge in [0.25, 0.3) is 0 Å². The lowest BCUT2D eigenvalue weighted by Crippen LogP contribution is -2.63. The van der Waals surface area contributed by atoms with E-state index in [0.29, 0.717) is 25.6 Å². The molecule has 1 atom stereocenters. The van der Waals surface area contributed by atoms with Crippen LogP contribution in [0.5, 0.6) is 5.75 Å². The molecule has 1 fully saturated rings. The van der Waals surface area contributed by atoms with Crippen LogP contribution in [-0.2, 0) is 4.74 Å². The second-order valence-electron chi connectivity index (χ2n) is 7.74. The van der Waals surface area contributed by atoms with Crippen molar-refractivity contribution in [2.45, 2.75) is 45.4 Å². The molecule has 0 aromatic heterocycles. The molecule has 0 bridgehead atoms. The number of likely N-dealkylation sites (tertiary alicyclic amines) is 1. The van der Waals surface area contributed by atoms with Gasteiger partial charge in [0.1, 0.15) is 11.4 Å². The molecule has 9 heteroatoms. The van der Waals surface area contributed by atoms with Crippen LogP contribution < -0.4 is 15.4 Å². The number of aliphatic hydroxyl groups is 1. The first-order chi connectivity index (χ1) is 13.2. The molecule has 8 nitrogen and oxygen atoms in total. The van der Waals surface area contributed by atoms with E-state index in [4.69, 9.17) is 9.47 Å². The molecule has 1 heterocycles. The number of benzene rings is 1. The van der Waals surface area contributed by atoms with E-state index in [0.717, 1.165) is 11.3 Å². The van der Waals surface area contributed by atoms with Gasteiger partial charge in [-0.3, -0.25) is 4.99 Å². The fourth-order valence-electron chi connectivity index (χ4n) is 2.67. The Kier molecular flexibility index (Phi) is 9.97. The van der Waals surface area contributed by atoms with Gasteiger partial charge in [-0.25, -0.2) is 4.79 Å². The Hall–Kier alpha value is -1.75. The fraction of sp³-hybridized carbons (Fsp3) is 0.600. The number of carbonyl (C=O) groups is 1. The maximum absolute atomic E-state index is 12.0. The van der Waals surface area contributed by atoms with Gasteiger partial charge in [-0.05, 0) is 45.4 Å². The maximum atomic E-state index is 12.0. The van der Waals surface area contributed by atoms with Crippen molar-refractivity contribution in [1.29, 1.82) is 0 Å². The van der Waals surface area contributed by atoms with Crippen molar-refractivity contribution in [3.63, 3.8) is 0 Å². The summed E-state index contributed by atoms with van der Waals surface area (Å²) >= 11 is 0. The lowest BCUT2D eigenvalue weighted by molar-refractivity contribution is 0.00700. The van der Waals surface area contributed by atoms with Crippen LogP contribution in [0.4, 0.5) is 4.79 Å². The molecule has 1 saturated heterocycles. The number of methoxy groups -OCH3 is 1. The van der Waals surface area contributed by atoms with E-state index in [1.807, 2.05) is 52.0 Å². The average molecular weight is 520 g/mol. The van der Waals surface area contributed by atoms with Crippen LogP contribution in [0.25, 0.3) is 0 Å². The van der Waals surface area contributed by atoms with Crippen LogP contribution in [-0.4, -0.2) is 67.0 Å². The van der Waals surface area contributed by atoms with Gasteiger partial charge in [0.05, 0.1) is 25.8 Å². The number of aliphatic hydroxyl groups excluding tert-OH is 1. The minimum Gasteiger partial charge on any atom is -0.497 e. The quantitative estimate of drug-likeness (QED) is 0.303. The molecular weight excluding hydrogens is 487 g/mol. The van der Waals surface area contributed by atoms with E-state index in [9.17, 15) is 9.90 Å². The van der Waals surface area contributed by atoms with E-state index in [1.165, 1.54) is 0 Å². The van der Waals surface area contributed by atoms with E-state index < -0.39 is 11.7 Å². The Balaban J connectivity index is 0.00000420. The van der Waals surface area contributed by atoms with E-state index in [1.54, 1.807) is 12.0 Å². The topological polar surface area (TPSA) is 95.4 Å². The van der Waals surface area contributed by atoms with Crippen LogP contribution in [0.15, 0.2) is 29.3 Å². The smallest absolute Gasteiger partial charge is 0.410 e. The largest absolute Gasteiger partial charge is 0.497 e. The zero-order valence-electron chi connectivity index (χ0n) is 17.8. The first-order valence-corrected chi connectivity index (χ1v) is 9.56. The Morgan fingerprint density at radius 1 is 1.31 bits per heavy atom. The number of halogens is 1. The summed E-state index contributed by atoms with van der Waals surface area (Å²) in [6.45, 7) is 9.57. The van der Waals surface area contributed by atoms with Crippen molar-refractivity contribution in [3.8, 4) is 5.75 Å². The number of guanidine groups is 1. The molecule has 0 saturated carbocycles. The lowest BCUT2D eigenvalue weighted by Gasteiger charge is -2.40. The zero-order chi connectivity index (χ0) is 20.7. The SMILES string of the molecule is CCNC(=NCC(O)c1ccc(OC)cc1)NC1CN(C(=O)OC(C)(C)C)C1.I. The summed E-state index contributed by atoms with van der Waals surface area (Å²) in [5.41, 5.74) is 0.281. The molecule has 1 aromatic rings. The van der Waals surface area contributed by atoms with Gasteiger partial charge in [0.2, 0.25) is 0 Å². The summed E-state index contributed by atoms with van der Waals surface area (Å²) in [6.07, 6.45) is -1.01. The molecule has 1 aromatic carbocycles. The fourth-order valence-corrected chi connectivity index (χ4v) is 2.67. The maximum Gasteiger partial charge on any atom is 0.410 e. The number of ether oxygens (including phenoxy) is 2. The van der Waals surface area contributed by atoms with Crippen molar-refractivity contribution in [2.24, 2.45) is 4.99 Å². The molecule has 1 unspecified atom stereocenters. The second kappa shape index (κ2) is 11.4. The standard InChI is InChI=1S/C20H32N4O4.HI/c1-6-21-18(22-11-17(25)14-7-9-16(27-5)10-8-14)23-15-12-24(13-15)19(26)28-20(2,3)4;/h7-10,15,17,25H,6,11-13H2,1-5H3,(H2,21,22,23);1H. The summed E-state index contributed by atoms with van der Waals surface area (Å²) in [4.78, 5) is 18.1. The first-order valence-electron chi connectivity index (χ1n) is 9.56. The first kappa shape index (κ1) is 25.3. The Morgan fingerprint density at radius 2 is 1.93 bits per heavy atom. The molecule has 0 spiro atoms. The van der Waals surface area contributed by atoms with Gasteiger partial charge in [-0.15, -0.1) is 24.0 Å². The van der Waals surface area contributed by atoms with E-state index in [2.05, 4.69) is 15.6 Å². The van der Waals surface area contributed by atoms with Gasteiger partial charge in [-0.2, -0.15) is 0 Å². The van der Waals surface area contributed by atoms with Gasteiger partial charge in [-0.1, -0.05) is 12.1 Å². The molecule has 1 aliphatic rings. The number of rotatable bonds is 6. The van der Waals surface area contributed by atoms with Crippen molar-refractivity contribution in [1.82, 2.24) is 15.5 Å². The normalized spacial score (nSPS) is 15.7. The highest BCUT2D eigenvalue weighted by Crippen LogP contribution is 2.18. The van der Waals surface area contributed by atoms with Gasteiger partial charge in [0.15, 0.2) is 5.96 Å². The third-order valence-corrected chi connectivity index (χ3v) is 4.14. The molecule has 164 valence electrons. The Labute approximate surface area is 190 Å². The van der Waals surface area contributed by atoms with Crippen molar-refractivity contribution in [2.75, 3.05) is 33.3 Å². The highest BCUT2D eigenvalue weighted by Gasteiger charge is 2.34. The molecular formula is C20H33IN4O4. The number of nitrogens with one attached hydrogen (secondary N) is 2. The number of amides is 1. The molecule has 29 heavy (non-hydrogen) atoms. The monoisotopic (exact) mass is 520 g/mol. The summed E-state index contributed by atoms with van der Waals surface area (Å²) < 4.78 is 10.5. The highest BCUT2D eigenvalue weighted by atomic mass is 127. The third-order valence-electron chi connectivity index (χ3n) is 4.14. The molecule has 0 aliphatic carbocycles. The molecule has 1 aliphatic heterocycles. The number of nitrogens with zero attached hydrogens (tertiary/aromatic N) is 2. The summed E-state index contributed by atoms with van der Waals surface area (Å²) in [7, 11) is 1.61. The second-order valence-corrected chi connectivity index (χ2v) is 7.74. The zero-order valence-corrected chi connectivity index (χ0v) is 20.1. The lowest BCUT2D eigenvalue weighted by atomic mass is 10.1. The van der Waals surface area contributed by atoms with Crippen LogP contribution in [0.1, 0.15) is 39.4 Å². The average Bonchev–Trinajstić information content (AvgIpc) is 2.60. The minimum atomic E-state index is -0.707. The van der Waals surface area contributed by atoms with Gasteiger partial charge in [0, 0.05) is 19.6 Å². The van der Waals surface area contributed by atoms with E-state index >= 15 is 0 Å². The predicted octanol–water partition coefficient (Wildman–Crippen LogP) is 2.52. The van der Waals surface area contributed by atoms with Crippen LogP contribution in [0.3, 0.4) is 0 Å². The molecule has 0 radical (unpaired) electrons. The molecule has 2 rings (SSSR count).